The van der Waals surface area contributed by atoms with E-state index in [2.05, 4.69) is 294 Å². The normalized spacial score (nSPS) is 13.7. The molecule has 11 rings (SSSR count). The summed E-state index contributed by atoms with van der Waals surface area (Å²) in [5, 5.41) is 2.63. The van der Waals surface area contributed by atoms with Crippen molar-refractivity contribution in [3.63, 3.8) is 0 Å². The van der Waals surface area contributed by atoms with Crippen LogP contribution in [0.5, 0.6) is 0 Å². The molecule has 2 aliphatic heterocycles. The van der Waals surface area contributed by atoms with Gasteiger partial charge in [0.15, 0.2) is 0 Å². The average molecular weight is 1000 g/mol. The van der Waals surface area contributed by atoms with Gasteiger partial charge in [-0.1, -0.05) is 213 Å². The van der Waals surface area contributed by atoms with Crippen LogP contribution in [0.4, 0.5) is 50.5 Å². The van der Waals surface area contributed by atoms with Gasteiger partial charge in [-0.25, -0.2) is 0 Å². The van der Waals surface area contributed by atoms with Crippen LogP contribution < -0.4 is 31.1 Å². The third kappa shape index (κ3) is 8.89. The Morgan fingerprint density at radius 1 is 0.387 bits per heavy atom. The average Bonchev–Trinajstić information content (AvgIpc) is 3.81. The first-order valence-corrected chi connectivity index (χ1v) is 27.9. The van der Waals surface area contributed by atoms with Crippen LogP contribution in [0.15, 0.2) is 176 Å². The lowest BCUT2D eigenvalue weighted by molar-refractivity contribution is 0.590. The van der Waals surface area contributed by atoms with E-state index >= 15 is 0 Å². The number of nitrogens with zero attached hydrogens (tertiary/aromatic N) is 3. The number of hydrogen-bond acceptors (Lipinski definition) is 4. The first-order valence-electron chi connectivity index (χ1n) is 27.1. The molecule has 0 radical (unpaired) electrons. The van der Waals surface area contributed by atoms with Gasteiger partial charge in [0.2, 0.25) is 0 Å². The molecule has 0 bridgehead atoms. The molecule has 3 nitrogen and oxygen atoms in total. The Hall–Kier alpha value is -6.82. The van der Waals surface area contributed by atoms with E-state index in [1.54, 1.807) is 0 Å². The molecule has 0 spiro atoms. The Morgan fingerprint density at radius 2 is 0.880 bits per heavy atom. The quantitative estimate of drug-likeness (QED) is 0.154. The summed E-state index contributed by atoms with van der Waals surface area (Å²) in [4.78, 5) is 7.74. The maximum atomic E-state index is 2.65. The molecule has 378 valence electrons. The molecule has 8 aromatic carbocycles. The van der Waals surface area contributed by atoms with Crippen LogP contribution in [0.1, 0.15) is 132 Å². The Balaban J connectivity index is 1.32. The van der Waals surface area contributed by atoms with Gasteiger partial charge in [0.1, 0.15) is 0 Å². The Morgan fingerprint density at radius 3 is 1.41 bits per heavy atom. The van der Waals surface area contributed by atoms with E-state index in [1.165, 1.54) is 87.5 Å². The lowest BCUT2D eigenvalue weighted by Gasteiger charge is -2.45. The molecule has 1 aromatic heterocycles. The number of para-hydroxylation sites is 2. The number of benzene rings is 8. The minimum atomic E-state index is -0.0819. The van der Waals surface area contributed by atoms with E-state index in [1.807, 2.05) is 11.3 Å². The van der Waals surface area contributed by atoms with Crippen molar-refractivity contribution in [2.24, 2.45) is 0 Å². The number of rotatable bonds is 6. The third-order valence-electron chi connectivity index (χ3n) is 15.8. The summed E-state index contributed by atoms with van der Waals surface area (Å²) >= 11 is 1.97. The SMILES string of the molecule is CC(C)(C)c1ccc(-c2cc(C(C)(C)C)ccc2N2c3ccc(C(C)(C)C)cc3B3c4c2cc(N(c2ccccc2)c2ccccc2)cc4N(c2ccc(C(C)(C)C)cc2)c2sc4c(C(C)(C)C)cccc4c23)cc1. The van der Waals surface area contributed by atoms with Crippen LogP contribution in [0.25, 0.3) is 21.2 Å². The molecule has 0 saturated heterocycles. The Labute approximate surface area is 453 Å². The van der Waals surface area contributed by atoms with Gasteiger partial charge >= 0.3 is 0 Å². The van der Waals surface area contributed by atoms with Crippen molar-refractivity contribution >= 4 is 95.0 Å². The lowest BCUT2D eigenvalue weighted by atomic mass is 9.33. The van der Waals surface area contributed by atoms with Gasteiger partial charge in [0.05, 0.1) is 16.4 Å². The fraction of sp³-hybridized carbons (Fsp3) is 0.286. The zero-order valence-corrected chi connectivity index (χ0v) is 47.9. The van der Waals surface area contributed by atoms with Crippen molar-refractivity contribution in [3.05, 3.63) is 204 Å². The van der Waals surface area contributed by atoms with Gasteiger partial charge in [-0.3, -0.25) is 0 Å². The molecular formula is C70H74BN3S. The monoisotopic (exact) mass is 1000 g/mol. The highest BCUT2D eigenvalue weighted by Gasteiger charge is 2.47. The number of thiophene rings is 1. The topological polar surface area (TPSA) is 9.72 Å². The van der Waals surface area contributed by atoms with Crippen LogP contribution in [0.3, 0.4) is 0 Å². The molecule has 0 atom stereocenters. The zero-order chi connectivity index (χ0) is 53.1. The summed E-state index contributed by atoms with van der Waals surface area (Å²) < 4.78 is 1.37. The predicted octanol–water partition coefficient (Wildman–Crippen LogP) is 18.6. The van der Waals surface area contributed by atoms with E-state index in [4.69, 9.17) is 0 Å². The minimum absolute atomic E-state index is 0.00312. The molecule has 0 amide bonds. The second-order valence-electron chi connectivity index (χ2n) is 26.4. The second kappa shape index (κ2) is 17.9. The van der Waals surface area contributed by atoms with Crippen LogP contribution in [0, 0.1) is 0 Å². The van der Waals surface area contributed by atoms with Crippen LogP contribution in [0.2, 0.25) is 0 Å². The Kier molecular flexibility index (Phi) is 12.0. The molecule has 2 aliphatic rings. The molecule has 3 heterocycles. The number of anilines is 9. The minimum Gasteiger partial charge on any atom is -0.311 e. The summed E-state index contributed by atoms with van der Waals surface area (Å²) in [6.07, 6.45) is 0. The van der Waals surface area contributed by atoms with E-state index in [0.29, 0.717) is 0 Å². The zero-order valence-electron chi connectivity index (χ0n) is 47.1. The molecule has 0 unspecified atom stereocenters. The molecule has 5 heteroatoms. The smallest absolute Gasteiger partial charge is 0.254 e. The summed E-state index contributed by atoms with van der Waals surface area (Å²) in [7, 11) is 0. The molecule has 9 aromatic rings. The standard InChI is InChI=1S/C70H74BN3S/c1-66(2,3)46-31-29-45(30-32-46)55-41-48(68(7,8)9)35-39-58(55)74-59-40-36-49(69(10,11)12)42-57(59)71-62-54-27-22-28-56(70(13,14)15)64(54)75-65(62)73(52-37-33-47(34-38-52)67(4,5)6)60-43-53(44-61(74)63(60)71)72(50-23-18-16-19-24-50)51-25-20-17-21-26-51/h16-44H,1-15H3. The molecule has 0 saturated carbocycles. The first kappa shape index (κ1) is 50.3. The largest absolute Gasteiger partial charge is 0.311 e. The highest BCUT2D eigenvalue weighted by Crippen LogP contribution is 2.53. The maximum Gasteiger partial charge on any atom is 0.254 e. The second-order valence-corrected chi connectivity index (χ2v) is 27.4. The highest BCUT2D eigenvalue weighted by atomic mass is 32.1. The van der Waals surface area contributed by atoms with Crippen molar-refractivity contribution in [1.29, 1.82) is 0 Å². The van der Waals surface area contributed by atoms with Gasteiger partial charge in [-0.05, 0) is 149 Å². The van der Waals surface area contributed by atoms with Crippen molar-refractivity contribution in [3.8, 4) is 11.1 Å². The van der Waals surface area contributed by atoms with Crippen molar-refractivity contribution in [2.45, 2.75) is 131 Å². The molecule has 0 fully saturated rings. The van der Waals surface area contributed by atoms with Crippen LogP contribution in [-0.2, 0) is 27.1 Å². The van der Waals surface area contributed by atoms with E-state index in [-0.39, 0.29) is 33.8 Å². The van der Waals surface area contributed by atoms with Crippen LogP contribution >= 0.6 is 11.3 Å². The molecular weight excluding hydrogens is 926 g/mol. The van der Waals surface area contributed by atoms with Crippen molar-refractivity contribution < 1.29 is 0 Å². The summed E-state index contributed by atoms with van der Waals surface area (Å²) in [6, 6.07) is 67.6. The van der Waals surface area contributed by atoms with Crippen LogP contribution in [-0.4, -0.2) is 6.71 Å². The third-order valence-corrected chi connectivity index (χ3v) is 17.1. The highest BCUT2D eigenvalue weighted by molar-refractivity contribution is 7.27. The summed E-state index contributed by atoms with van der Waals surface area (Å²) in [5.74, 6) is 0. The van der Waals surface area contributed by atoms with E-state index in [0.717, 1.165) is 28.4 Å². The fourth-order valence-electron chi connectivity index (χ4n) is 11.5. The lowest BCUT2D eigenvalue weighted by Crippen LogP contribution is -2.61. The molecule has 75 heavy (non-hydrogen) atoms. The van der Waals surface area contributed by atoms with Crippen molar-refractivity contribution in [2.75, 3.05) is 14.7 Å². The Bertz CT molecular complexity index is 3570. The fourth-order valence-corrected chi connectivity index (χ4v) is 13.1. The number of fused-ring (bicyclic) bond motifs is 6. The molecule has 0 aliphatic carbocycles. The maximum absolute atomic E-state index is 2.65. The number of hydrogen-bond donors (Lipinski definition) is 0. The predicted molar refractivity (Wildman–Crippen MR) is 329 cm³/mol. The van der Waals surface area contributed by atoms with Gasteiger partial charge in [0.25, 0.3) is 6.71 Å². The van der Waals surface area contributed by atoms with Crippen molar-refractivity contribution in [1.82, 2.24) is 0 Å². The van der Waals surface area contributed by atoms with Gasteiger partial charge < -0.3 is 14.7 Å². The van der Waals surface area contributed by atoms with Gasteiger partial charge in [-0.15, -0.1) is 11.3 Å². The van der Waals surface area contributed by atoms with Gasteiger partial charge in [-0.2, -0.15) is 0 Å². The molecule has 0 N–H and O–H groups in total. The summed E-state index contributed by atoms with van der Waals surface area (Å²) in [6.45, 7) is 35.0. The van der Waals surface area contributed by atoms with Gasteiger partial charge in [0, 0.05) is 44.4 Å². The van der Waals surface area contributed by atoms with E-state index < -0.39 is 0 Å². The van der Waals surface area contributed by atoms with E-state index in [9.17, 15) is 0 Å². The summed E-state index contributed by atoms with van der Waals surface area (Å²) in [5.41, 5.74) is 22.2. The first-order chi connectivity index (χ1) is 35.4.